The zero-order valence-corrected chi connectivity index (χ0v) is 17.8. The van der Waals surface area contributed by atoms with Gasteiger partial charge in [0.1, 0.15) is 11.2 Å². The van der Waals surface area contributed by atoms with Gasteiger partial charge in [-0.1, -0.05) is 11.6 Å². The summed E-state index contributed by atoms with van der Waals surface area (Å²) in [5.41, 5.74) is 0.677. The summed E-state index contributed by atoms with van der Waals surface area (Å²) in [4.78, 5) is 39.2. The van der Waals surface area contributed by atoms with Crippen LogP contribution in [0.2, 0.25) is 5.02 Å². The molecule has 0 fully saturated rings. The number of aromatic nitrogens is 2. The molecule has 1 aromatic carbocycles. The Hall–Kier alpha value is -2.42. The van der Waals surface area contributed by atoms with Crippen LogP contribution in [-0.4, -0.2) is 20.6 Å². The van der Waals surface area contributed by atoms with Gasteiger partial charge in [0, 0.05) is 34.6 Å². The van der Waals surface area contributed by atoms with Gasteiger partial charge in [-0.2, -0.15) is 0 Å². The number of anilines is 1. The Morgan fingerprint density at radius 1 is 1.28 bits per heavy atom. The summed E-state index contributed by atoms with van der Waals surface area (Å²) in [6.45, 7) is 4.07. The summed E-state index contributed by atoms with van der Waals surface area (Å²) in [6.07, 6.45) is 0.649. The Morgan fingerprint density at radius 2 is 1.97 bits per heavy atom. The van der Waals surface area contributed by atoms with Gasteiger partial charge in [0.05, 0.1) is 17.7 Å². The van der Waals surface area contributed by atoms with Crippen molar-refractivity contribution in [2.45, 2.75) is 39.0 Å². The predicted octanol–water partition coefficient (Wildman–Crippen LogP) is 2.91. The van der Waals surface area contributed by atoms with Crippen LogP contribution in [0.15, 0.2) is 33.9 Å². The number of hydrogen-bond acceptors (Lipinski definition) is 5. The van der Waals surface area contributed by atoms with Gasteiger partial charge in [-0.15, -0.1) is 11.3 Å². The number of nitrogens with zero attached hydrogens (tertiary/aromatic N) is 2. The molecule has 0 aliphatic carbocycles. The molecule has 0 saturated heterocycles. The van der Waals surface area contributed by atoms with Crippen molar-refractivity contribution in [3.05, 3.63) is 60.6 Å². The van der Waals surface area contributed by atoms with Crippen molar-refractivity contribution >= 4 is 44.7 Å². The van der Waals surface area contributed by atoms with Crippen LogP contribution < -0.4 is 16.6 Å². The quantitative estimate of drug-likeness (QED) is 0.688. The molecule has 0 unspecified atom stereocenters. The number of halogens is 1. The molecule has 1 aliphatic heterocycles. The Balaban J connectivity index is 1.78. The van der Waals surface area contributed by atoms with Crippen LogP contribution in [0, 0.1) is 0 Å². The molecule has 0 spiro atoms. The molecule has 3 heterocycles. The second-order valence-electron chi connectivity index (χ2n) is 7.69. The Kier molecular flexibility index (Phi) is 4.88. The number of hydrogen-bond donors (Lipinski definition) is 1. The number of carbonyl (C=O) groups is 1. The molecular weight excluding hydrogens is 414 g/mol. The molecule has 2 aromatic heterocycles. The summed E-state index contributed by atoms with van der Waals surface area (Å²) in [5, 5.41) is 3.32. The van der Waals surface area contributed by atoms with Crippen LogP contribution >= 0.6 is 22.9 Å². The first-order valence-corrected chi connectivity index (χ1v) is 10.3. The first-order chi connectivity index (χ1) is 13.7. The van der Waals surface area contributed by atoms with Crippen LogP contribution in [0.25, 0.3) is 10.2 Å². The normalized spacial score (nSPS) is 15.3. The Bertz CT molecular complexity index is 1240. The molecule has 0 saturated carbocycles. The molecule has 0 radical (unpaired) electrons. The van der Waals surface area contributed by atoms with Gasteiger partial charge in [0.25, 0.3) is 5.56 Å². The van der Waals surface area contributed by atoms with E-state index in [-0.39, 0.29) is 23.6 Å². The van der Waals surface area contributed by atoms with Gasteiger partial charge in [-0.05, 0) is 38.1 Å². The van der Waals surface area contributed by atoms with Gasteiger partial charge in [0.2, 0.25) is 5.91 Å². The summed E-state index contributed by atoms with van der Waals surface area (Å²) in [7, 11) is 1.43. The van der Waals surface area contributed by atoms with E-state index in [4.69, 9.17) is 16.3 Å². The van der Waals surface area contributed by atoms with E-state index >= 15 is 0 Å². The molecule has 29 heavy (non-hydrogen) atoms. The largest absolute Gasteiger partial charge is 0.370 e. The second-order valence-corrected chi connectivity index (χ2v) is 9.24. The summed E-state index contributed by atoms with van der Waals surface area (Å²) >= 11 is 7.25. The number of thiophene rings is 1. The van der Waals surface area contributed by atoms with Crippen molar-refractivity contribution in [1.82, 2.24) is 9.13 Å². The minimum Gasteiger partial charge on any atom is -0.370 e. The monoisotopic (exact) mass is 433 g/mol. The molecule has 9 heteroatoms. The molecule has 3 aromatic rings. The van der Waals surface area contributed by atoms with Crippen LogP contribution in [-0.2, 0) is 36.2 Å². The van der Waals surface area contributed by atoms with Gasteiger partial charge in [0.15, 0.2) is 0 Å². The van der Waals surface area contributed by atoms with Crippen molar-refractivity contribution in [3.8, 4) is 0 Å². The second kappa shape index (κ2) is 7.12. The van der Waals surface area contributed by atoms with Crippen molar-refractivity contribution in [2.24, 2.45) is 7.05 Å². The molecule has 0 bridgehead atoms. The van der Waals surface area contributed by atoms with Crippen LogP contribution in [0.3, 0.4) is 0 Å². The first kappa shape index (κ1) is 19.9. The van der Waals surface area contributed by atoms with Crippen molar-refractivity contribution in [1.29, 1.82) is 0 Å². The van der Waals surface area contributed by atoms with E-state index in [0.29, 0.717) is 34.0 Å². The highest BCUT2D eigenvalue weighted by atomic mass is 35.5. The molecule has 1 N–H and O–H groups in total. The topological polar surface area (TPSA) is 82.3 Å². The lowest BCUT2D eigenvalue weighted by Gasteiger charge is -2.30. The summed E-state index contributed by atoms with van der Waals surface area (Å²) in [5.74, 6) is -0.369. The molecule has 0 atom stereocenters. The predicted molar refractivity (Wildman–Crippen MR) is 114 cm³/mol. The molecular formula is C20H20ClN3O4S. The van der Waals surface area contributed by atoms with Crippen molar-refractivity contribution in [3.63, 3.8) is 0 Å². The molecule has 4 rings (SSSR count). The lowest BCUT2D eigenvalue weighted by Crippen LogP contribution is -2.40. The van der Waals surface area contributed by atoms with Crippen LogP contribution in [0.4, 0.5) is 5.69 Å². The van der Waals surface area contributed by atoms with E-state index < -0.39 is 5.69 Å². The van der Waals surface area contributed by atoms with E-state index in [2.05, 4.69) is 5.32 Å². The van der Waals surface area contributed by atoms with Gasteiger partial charge in [-0.3, -0.25) is 18.7 Å². The molecule has 7 nitrogen and oxygen atoms in total. The van der Waals surface area contributed by atoms with Crippen LogP contribution in [0.1, 0.15) is 24.3 Å². The third-order valence-electron chi connectivity index (χ3n) is 4.97. The molecule has 152 valence electrons. The van der Waals surface area contributed by atoms with E-state index in [1.807, 2.05) is 13.8 Å². The number of fused-ring (bicyclic) bond motifs is 3. The maximum absolute atomic E-state index is 12.8. The third kappa shape index (κ3) is 3.63. The zero-order chi connectivity index (χ0) is 20.9. The fourth-order valence-electron chi connectivity index (χ4n) is 3.47. The van der Waals surface area contributed by atoms with Crippen molar-refractivity contribution < 1.29 is 9.53 Å². The number of ether oxygens (including phenoxy) is 1. The smallest absolute Gasteiger partial charge is 0.331 e. The summed E-state index contributed by atoms with van der Waals surface area (Å²) in [6, 6.07) is 6.70. The SMILES string of the molecule is Cn1c(=O)c2sc3c(c2n(CC(=O)Nc2ccc(Cl)cc2)c1=O)COC(C)(C)C3. The fraction of sp³-hybridized carbons (Fsp3) is 0.350. The lowest BCUT2D eigenvalue weighted by atomic mass is 9.98. The maximum atomic E-state index is 12.8. The highest BCUT2D eigenvalue weighted by molar-refractivity contribution is 7.19. The lowest BCUT2D eigenvalue weighted by molar-refractivity contribution is -0.116. The summed E-state index contributed by atoms with van der Waals surface area (Å²) < 4.78 is 8.78. The first-order valence-electron chi connectivity index (χ1n) is 9.10. The van der Waals surface area contributed by atoms with E-state index in [9.17, 15) is 14.4 Å². The fourth-order valence-corrected chi connectivity index (χ4v) is 5.09. The van der Waals surface area contributed by atoms with E-state index in [0.717, 1.165) is 15.0 Å². The van der Waals surface area contributed by atoms with Gasteiger partial charge < -0.3 is 10.1 Å². The number of carbonyl (C=O) groups excluding carboxylic acids is 1. The average molecular weight is 434 g/mol. The highest BCUT2D eigenvalue weighted by Crippen LogP contribution is 2.37. The minimum atomic E-state index is -0.529. The number of benzene rings is 1. The van der Waals surface area contributed by atoms with Gasteiger partial charge in [-0.25, -0.2) is 4.79 Å². The van der Waals surface area contributed by atoms with Crippen LogP contribution in [0.5, 0.6) is 0 Å². The maximum Gasteiger partial charge on any atom is 0.331 e. The minimum absolute atomic E-state index is 0.210. The Labute approximate surface area is 175 Å². The van der Waals surface area contributed by atoms with E-state index in [1.54, 1.807) is 24.3 Å². The van der Waals surface area contributed by atoms with Crippen molar-refractivity contribution in [2.75, 3.05) is 5.32 Å². The Morgan fingerprint density at radius 3 is 2.66 bits per heavy atom. The van der Waals surface area contributed by atoms with E-state index in [1.165, 1.54) is 23.0 Å². The molecule has 1 aliphatic rings. The number of amides is 1. The number of nitrogens with one attached hydrogen (secondary N) is 1. The highest BCUT2D eigenvalue weighted by Gasteiger charge is 2.31. The standard InChI is InChI=1S/C20H20ClN3O4S/c1-20(2)8-14-13(10-28-20)16-17(29-14)18(26)23(3)19(27)24(16)9-15(25)22-12-6-4-11(21)5-7-12/h4-7H,8-10H2,1-3H3,(H,22,25). The third-order valence-corrected chi connectivity index (χ3v) is 6.43. The molecule has 1 amide bonds. The average Bonchev–Trinajstić information content (AvgIpc) is 3.02. The van der Waals surface area contributed by atoms with Gasteiger partial charge >= 0.3 is 5.69 Å². The zero-order valence-electron chi connectivity index (χ0n) is 16.2. The number of rotatable bonds is 3.